The van der Waals surface area contributed by atoms with Crippen LogP contribution in [0.25, 0.3) is 0 Å². The van der Waals surface area contributed by atoms with E-state index in [1.54, 1.807) is 13.8 Å². The molecule has 2 fully saturated rings. The molecule has 1 atom stereocenters. The Morgan fingerprint density at radius 2 is 1.76 bits per heavy atom. The van der Waals surface area contributed by atoms with Crippen molar-refractivity contribution in [3.05, 3.63) is 0 Å². The first-order chi connectivity index (χ1) is 7.93. The van der Waals surface area contributed by atoms with Crippen molar-refractivity contribution in [2.24, 2.45) is 0 Å². The lowest BCUT2D eigenvalue weighted by molar-refractivity contribution is -0.156. The molecule has 4 heteroatoms. The Morgan fingerprint density at radius 3 is 2.35 bits per heavy atom. The average molecular weight is 238 g/mol. The van der Waals surface area contributed by atoms with Crippen molar-refractivity contribution in [2.75, 3.05) is 0 Å². The number of piperazine rings is 1. The van der Waals surface area contributed by atoms with E-state index in [0.717, 1.165) is 12.8 Å². The largest absolute Gasteiger partial charge is 0.340 e. The van der Waals surface area contributed by atoms with E-state index in [9.17, 15) is 9.59 Å². The van der Waals surface area contributed by atoms with Gasteiger partial charge in [-0.3, -0.25) is 9.59 Å². The average Bonchev–Trinajstić information content (AvgIpc) is 2.28. The van der Waals surface area contributed by atoms with Crippen LogP contribution in [0.3, 0.4) is 0 Å². The van der Waals surface area contributed by atoms with Crippen molar-refractivity contribution in [1.82, 2.24) is 10.2 Å². The van der Waals surface area contributed by atoms with E-state index in [4.69, 9.17) is 0 Å². The van der Waals surface area contributed by atoms with Crippen LogP contribution in [0.5, 0.6) is 0 Å². The van der Waals surface area contributed by atoms with Crippen LogP contribution >= 0.6 is 0 Å². The molecule has 0 radical (unpaired) electrons. The first-order valence-corrected chi connectivity index (χ1v) is 6.58. The minimum Gasteiger partial charge on any atom is -0.340 e. The van der Waals surface area contributed by atoms with Crippen LogP contribution in [0.1, 0.15) is 52.9 Å². The van der Waals surface area contributed by atoms with Gasteiger partial charge in [-0.15, -0.1) is 0 Å². The maximum atomic E-state index is 12.4. The van der Waals surface area contributed by atoms with Crippen LogP contribution in [-0.2, 0) is 9.59 Å². The second-order valence-corrected chi connectivity index (χ2v) is 5.79. The SMILES string of the molecule is CC1C(=O)NC(C)(C)C(=O)N1C1CCCCC1. The van der Waals surface area contributed by atoms with Gasteiger partial charge in [0.05, 0.1) is 0 Å². The molecule has 0 aromatic carbocycles. The summed E-state index contributed by atoms with van der Waals surface area (Å²) in [6.45, 7) is 5.40. The maximum Gasteiger partial charge on any atom is 0.248 e. The molecule has 1 saturated carbocycles. The number of amides is 2. The third-order valence-corrected chi connectivity index (χ3v) is 3.97. The Morgan fingerprint density at radius 1 is 1.18 bits per heavy atom. The molecule has 4 nitrogen and oxygen atoms in total. The highest BCUT2D eigenvalue weighted by atomic mass is 16.2. The lowest BCUT2D eigenvalue weighted by Crippen LogP contribution is -2.69. The summed E-state index contributed by atoms with van der Waals surface area (Å²) in [7, 11) is 0. The molecule has 1 aliphatic carbocycles. The van der Waals surface area contributed by atoms with Gasteiger partial charge in [0.1, 0.15) is 11.6 Å². The first kappa shape index (κ1) is 12.4. The molecule has 1 saturated heterocycles. The molecule has 2 aliphatic rings. The van der Waals surface area contributed by atoms with E-state index >= 15 is 0 Å². The Bertz CT molecular complexity index is 332. The molecule has 2 amide bonds. The summed E-state index contributed by atoms with van der Waals surface area (Å²) in [5.41, 5.74) is -0.749. The fourth-order valence-corrected chi connectivity index (χ4v) is 2.93. The van der Waals surface area contributed by atoms with E-state index in [-0.39, 0.29) is 23.9 Å². The zero-order chi connectivity index (χ0) is 12.6. The van der Waals surface area contributed by atoms with Gasteiger partial charge in [-0.05, 0) is 33.6 Å². The predicted molar refractivity (Wildman–Crippen MR) is 65.4 cm³/mol. The first-order valence-electron chi connectivity index (χ1n) is 6.58. The molecule has 1 aliphatic heterocycles. The summed E-state index contributed by atoms with van der Waals surface area (Å²) in [5.74, 6) is 0.0386. The third kappa shape index (κ3) is 2.17. The topological polar surface area (TPSA) is 49.4 Å². The summed E-state index contributed by atoms with van der Waals surface area (Å²) in [6.07, 6.45) is 5.67. The zero-order valence-corrected chi connectivity index (χ0v) is 11.0. The Hall–Kier alpha value is -1.06. The summed E-state index contributed by atoms with van der Waals surface area (Å²) in [4.78, 5) is 26.1. The number of carbonyl (C=O) groups excluding carboxylic acids is 2. The van der Waals surface area contributed by atoms with Crippen LogP contribution in [0, 0.1) is 0 Å². The second kappa shape index (κ2) is 4.31. The molecular weight excluding hydrogens is 216 g/mol. The fourth-order valence-electron chi connectivity index (χ4n) is 2.93. The second-order valence-electron chi connectivity index (χ2n) is 5.79. The monoisotopic (exact) mass is 238 g/mol. The fraction of sp³-hybridized carbons (Fsp3) is 0.846. The van der Waals surface area contributed by atoms with Crippen molar-refractivity contribution in [1.29, 1.82) is 0 Å². The lowest BCUT2D eigenvalue weighted by atomic mass is 9.89. The van der Waals surface area contributed by atoms with Gasteiger partial charge < -0.3 is 10.2 Å². The van der Waals surface area contributed by atoms with Gasteiger partial charge >= 0.3 is 0 Å². The van der Waals surface area contributed by atoms with Crippen molar-refractivity contribution in [2.45, 2.75) is 70.5 Å². The van der Waals surface area contributed by atoms with Gasteiger partial charge in [-0.25, -0.2) is 0 Å². The molecule has 1 unspecified atom stereocenters. The van der Waals surface area contributed by atoms with Gasteiger partial charge in [-0.1, -0.05) is 19.3 Å². The predicted octanol–water partition coefficient (Wildman–Crippen LogP) is 1.44. The van der Waals surface area contributed by atoms with E-state index < -0.39 is 5.54 Å². The number of nitrogens with one attached hydrogen (secondary N) is 1. The van der Waals surface area contributed by atoms with E-state index in [2.05, 4.69) is 5.32 Å². The molecule has 0 spiro atoms. The Labute approximate surface area is 103 Å². The third-order valence-electron chi connectivity index (χ3n) is 3.97. The van der Waals surface area contributed by atoms with Gasteiger partial charge in [0.15, 0.2) is 0 Å². The summed E-state index contributed by atoms with van der Waals surface area (Å²) < 4.78 is 0. The summed E-state index contributed by atoms with van der Waals surface area (Å²) in [5, 5.41) is 2.79. The van der Waals surface area contributed by atoms with Gasteiger partial charge in [0, 0.05) is 6.04 Å². The molecule has 0 bridgehead atoms. The van der Waals surface area contributed by atoms with E-state index in [1.165, 1.54) is 19.3 Å². The molecule has 17 heavy (non-hydrogen) atoms. The minimum atomic E-state index is -0.749. The van der Waals surface area contributed by atoms with Crippen molar-refractivity contribution in [3.8, 4) is 0 Å². The van der Waals surface area contributed by atoms with E-state index in [1.807, 2.05) is 11.8 Å². The smallest absolute Gasteiger partial charge is 0.248 e. The maximum absolute atomic E-state index is 12.4. The molecule has 96 valence electrons. The van der Waals surface area contributed by atoms with E-state index in [0.29, 0.717) is 0 Å². The number of rotatable bonds is 1. The molecule has 0 aromatic rings. The van der Waals surface area contributed by atoms with Gasteiger partial charge in [-0.2, -0.15) is 0 Å². The van der Waals surface area contributed by atoms with Crippen molar-refractivity contribution < 1.29 is 9.59 Å². The molecular formula is C13H22N2O2. The number of carbonyl (C=O) groups is 2. The number of hydrogen-bond donors (Lipinski definition) is 1. The standard InChI is InChI=1S/C13H22N2O2/c1-9-11(16)14-13(2,3)12(17)15(9)10-7-5-4-6-8-10/h9-10H,4-8H2,1-3H3,(H,14,16). The highest BCUT2D eigenvalue weighted by molar-refractivity contribution is 5.99. The number of nitrogens with zero attached hydrogens (tertiary/aromatic N) is 1. The highest BCUT2D eigenvalue weighted by Gasteiger charge is 2.45. The number of hydrogen-bond acceptors (Lipinski definition) is 2. The van der Waals surface area contributed by atoms with Crippen LogP contribution < -0.4 is 5.32 Å². The minimum absolute atomic E-state index is 0.0276. The van der Waals surface area contributed by atoms with Crippen LogP contribution in [0.15, 0.2) is 0 Å². The van der Waals surface area contributed by atoms with Crippen LogP contribution in [-0.4, -0.2) is 34.3 Å². The normalized spacial score (nSPS) is 30.3. The summed E-state index contributed by atoms with van der Waals surface area (Å²) >= 11 is 0. The Kier molecular flexibility index (Phi) is 3.15. The van der Waals surface area contributed by atoms with Crippen molar-refractivity contribution in [3.63, 3.8) is 0 Å². The van der Waals surface area contributed by atoms with Crippen LogP contribution in [0.2, 0.25) is 0 Å². The molecule has 1 heterocycles. The molecule has 2 rings (SSSR count). The quantitative estimate of drug-likeness (QED) is 0.751. The lowest BCUT2D eigenvalue weighted by Gasteiger charge is -2.46. The zero-order valence-electron chi connectivity index (χ0n) is 11.0. The highest BCUT2D eigenvalue weighted by Crippen LogP contribution is 2.28. The molecule has 1 N–H and O–H groups in total. The summed E-state index contributed by atoms with van der Waals surface area (Å²) in [6, 6.07) is -0.0600. The Balaban J connectivity index is 2.22. The van der Waals surface area contributed by atoms with Gasteiger partial charge in [0.25, 0.3) is 0 Å². The van der Waals surface area contributed by atoms with Gasteiger partial charge in [0.2, 0.25) is 11.8 Å². The van der Waals surface area contributed by atoms with Crippen LogP contribution in [0.4, 0.5) is 0 Å². The molecule has 0 aromatic heterocycles. The van der Waals surface area contributed by atoms with Crippen molar-refractivity contribution >= 4 is 11.8 Å².